The Morgan fingerprint density at radius 3 is 3.00 bits per heavy atom. The molecular weight excluding hydrogens is 488 g/mol. The van der Waals surface area contributed by atoms with Gasteiger partial charge in [-0.25, -0.2) is 9.78 Å². The van der Waals surface area contributed by atoms with E-state index in [9.17, 15) is 19.5 Å². The minimum absolute atomic E-state index is 0.0577. The molecule has 1 aromatic heterocycles. The van der Waals surface area contributed by atoms with Crippen molar-refractivity contribution < 1.29 is 24.3 Å². The molecule has 2 aliphatic heterocycles. The number of aliphatic carboxylic acids is 1. The van der Waals surface area contributed by atoms with E-state index < -0.39 is 29.2 Å². The van der Waals surface area contributed by atoms with E-state index in [4.69, 9.17) is 15.8 Å². The molecule has 14 heteroatoms. The van der Waals surface area contributed by atoms with E-state index in [0.717, 1.165) is 11.3 Å². The zero-order chi connectivity index (χ0) is 24.0. The first-order valence-electron chi connectivity index (χ1n) is 9.28. The number of thiazole rings is 1. The van der Waals surface area contributed by atoms with Gasteiger partial charge in [-0.15, -0.1) is 34.9 Å². The van der Waals surface area contributed by atoms with Crippen LogP contribution in [-0.4, -0.2) is 68.0 Å². The highest BCUT2D eigenvalue weighted by molar-refractivity contribution is 8.02. The lowest BCUT2D eigenvalue weighted by molar-refractivity contribution is -0.150. The van der Waals surface area contributed by atoms with Crippen molar-refractivity contribution in [2.45, 2.75) is 11.4 Å². The van der Waals surface area contributed by atoms with E-state index in [0.29, 0.717) is 17.1 Å². The molecule has 172 valence electrons. The van der Waals surface area contributed by atoms with Gasteiger partial charge in [0, 0.05) is 23.0 Å². The predicted octanol–water partition coefficient (Wildman–Crippen LogP) is 1.14. The number of nitriles is 1. The van der Waals surface area contributed by atoms with E-state index in [-0.39, 0.29) is 28.8 Å². The molecule has 2 atom stereocenters. The number of aromatic nitrogens is 1. The van der Waals surface area contributed by atoms with E-state index in [1.165, 1.54) is 46.0 Å². The maximum Gasteiger partial charge on any atom is 0.352 e. The molecule has 0 saturated carbocycles. The van der Waals surface area contributed by atoms with Crippen LogP contribution < -0.4 is 11.1 Å². The summed E-state index contributed by atoms with van der Waals surface area (Å²) in [7, 11) is 0. The Bertz CT molecular complexity index is 1110. The van der Waals surface area contributed by atoms with Crippen LogP contribution in [0.2, 0.25) is 0 Å². The number of nitrogen functional groups attached to an aromatic ring is 1. The van der Waals surface area contributed by atoms with E-state index >= 15 is 0 Å². The van der Waals surface area contributed by atoms with Gasteiger partial charge in [-0.3, -0.25) is 14.5 Å². The second kappa shape index (κ2) is 11.0. The van der Waals surface area contributed by atoms with Gasteiger partial charge in [-0.05, 0) is 11.0 Å². The SMILES string of the molecule is C=CCO/N=C(\C(=O)NC1C(=O)N2C(C(=O)O)=C(CS/C=C\C#N)CS[C@H]12)c1csc(N)n1. The first-order valence-corrected chi connectivity index (χ1v) is 12.3. The Morgan fingerprint density at radius 2 is 2.36 bits per heavy atom. The molecule has 33 heavy (non-hydrogen) atoms. The molecule has 11 nitrogen and oxygen atoms in total. The standard InChI is InChI=1S/C19H18N6O5S3/c1-2-5-30-24-12(11-9-33-19(21)22-11)15(26)23-13-16(27)25-14(18(28)29)10(8-32-17(13)25)7-31-6-3-4-20/h2-3,6,9,13,17H,1,5,7-8H2,(H2,21,22)(H,23,26)(H,28,29)/b6-3-,24-12-/t13?,17-/m1/s1. The van der Waals surface area contributed by atoms with Gasteiger partial charge in [0.15, 0.2) is 10.8 Å². The van der Waals surface area contributed by atoms with Crippen LogP contribution in [0.1, 0.15) is 5.69 Å². The summed E-state index contributed by atoms with van der Waals surface area (Å²) in [5.41, 5.74) is 6.14. The molecule has 2 aliphatic rings. The van der Waals surface area contributed by atoms with Gasteiger partial charge in [0.1, 0.15) is 29.4 Å². The summed E-state index contributed by atoms with van der Waals surface area (Å²) in [6.45, 7) is 3.56. The topological polar surface area (TPSA) is 171 Å². The van der Waals surface area contributed by atoms with Crippen molar-refractivity contribution in [1.29, 1.82) is 5.26 Å². The molecule has 1 aromatic rings. The third kappa shape index (κ3) is 5.38. The molecule has 0 aromatic carbocycles. The van der Waals surface area contributed by atoms with Gasteiger partial charge < -0.3 is 21.0 Å². The predicted molar refractivity (Wildman–Crippen MR) is 126 cm³/mol. The number of oxime groups is 1. The van der Waals surface area contributed by atoms with Crippen molar-refractivity contribution in [3.63, 3.8) is 0 Å². The van der Waals surface area contributed by atoms with Gasteiger partial charge >= 0.3 is 5.97 Å². The van der Waals surface area contributed by atoms with Gasteiger partial charge in [0.05, 0.1) is 6.07 Å². The number of fused-ring (bicyclic) bond motifs is 1. The number of rotatable bonds is 10. The zero-order valence-electron chi connectivity index (χ0n) is 17.0. The summed E-state index contributed by atoms with van der Waals surface area (Å²) in [5.74, 6) is -1.79. The number of nitrogens with one attached hydrogen (secondary N) is 1. The number of thioether (sulfide) groups is 2. The van der Waals surface area contributed by atoms with Crippen molar-refractivity contribution in [1.82, 2.24) is 15.2 Å². The summed E-state index contributed by atoms with van der Waals surface area (Å²) < 4.78 is 0. The second-order valence-electron chi connectivity index (χ2n) is 6.46. The van der Waals surface area contributed by atoms with Crippen LogP contribution in [-0.2, 0) is 19.2 Å². The highest BCUT2D eigenvalue weighted by Crippen LogP contribution is 2.41. The molecule has 3 rings (SSSR count). The third-order valence-corrected chi connectivity index (χ3v) is 7.22. The molecule has 0 radical (unpaired) electrons. The van der Waals surface area contributed by atoms with Crippen LogP contribution in [0.3, 0.4) is 0 Å². The fraction of sp³-hybridized carbons (Fsp3) is 0.263. The number of carbonyl (C=O) groups excluding carboxylic acids is 2. The van der Waals surface area contributed by atoms with Crippen LogP contribution in [0.4, 0.5) is 5.13 Å². The number of hydrogen-bond donors (Lipinski definition) is 3. The third-order valence-electron chi connectivity index (χ3n) is 4.36. The average Bonchev–Trinajstić information content (AvgIpc) is 3.22. The van der Waals surface area contributed by atoms with E-state index in [1.807, 2.05) is 6.07 Å². The smallest absolute Gasteiger partial charge is 0.352 e. The monoisotopic (exact) mass is 506 g/mol. The molecule has 0 bridgehead atoms. The van der Waals surface area contributed by atoms with E-state index in [2.05, 4.69) is 22.0 Å². The number of hydrogen-bond acceptors (Lipinski definition) is 11. The number of β-lactam (4-membered cyclic amide) rings is 1. The average molecular weight is 507 g/mol. The maximum absolute atomic E-state index is 12.9. The van der Waals surface area contributed by atoms with Gasteiger partial charge in [-0.1, -0.05) is 17.8 Å². The van der Waals surface area contributed by atoms with Gasteiger partial charge in [0.25, 0.3) is 11.8 Å². The molecule has 4 N–H and O–H groups in total. The summed E-state index contributed by atoms with van der Waals surface area (Å²) in [6, 6.07) is 0.918. The number of nitrogens with two attached hydrogens (primary N) is 1. The minimum Gasteiger partial charge on any atom is -0.477 e. The number of allylic oxidation sites excluding steroid dienone is 1. The molecule has 3 heterocycles. The Balaban J connectivity index is 1.76. The van der Waals surface area contributed by atoms with Gasteiger partial charge in [0.2, 0.25) is 0 Å². The van der Waals surface area contributed by atoms with Gasteiger partial charge in [-0.2, -0.15) is 5.26 Å². The van der Waals surface area contributed by atoms with Crippen molar-refractivity contribution in [3.05, 3.63) is 46.5 Å². The Labute approximate surface area is 201 Å². The number of carboxylic acids is 1. The van der Waals surface area contributed by atoms with Crippen LogP contribution >= 0.6 is 34.9 Å². The molecule has 1 saturated heterocycles. The highest BCUT2D eigenvalue weighted by Gasteiger charge is 2.54. The summed E-state index contributed by atoms with van der Waals surface area (Å²) >= 11 is 3.72. The lowest BCUT2D eigenvalue weighted by Crippen LogP contribution is -2.71. The van der Waals surface area contributed by atoms with Crippen molar-refractivity contribution in [3.8, 4) is 6.07 Å². The fourth-order valence-corrected chi connectivity index (χ4v) is 5.70. The summed E-state index contributed by atoms with van der Waals surface area (Å²) in [4.78, 5) is 47.8. The first kappa shape index (κ1) is 24.4. The number of anilines is 1. The molecule has 0 spiro atoms. The number of carbonyl (C=O) groups is 3. The number of carboxylic acid groups (broad SMARTS) is 1. The lowest BCUT2D eigenvalue weighted by atomic mass is 10.0. The minimum atomic E-state index is -1.23. The highest BCUT2D eigenvalue weighted by atomic mass is 32.2. The molecule has 2 amide bonds. The second-order valence-corrected chi connectivity index (χ2v) is 9.35. The lowest BCUT2D eigenvalue weighted by Gasteiger charge is -2.49. The van der Waals surface area contributed by atoms with E-state index in [1.54, 1.807) is 5.41 Å². The molecule has 0 aliphatic carbocycles. The van der Waals surface area contributed by atoms with Crippen LogP contribution in [0.25, 0.3) is 0 Å². The summed E-state index contributed by atoms with van der Waals surface area (Å²) in [6.07, 6.45) is 2.74. The molecule has 1 unspecified atom stereocenters. The maximum atomic E-state index is 12.9. The van der Waals surface area contributed by atoms with Crippen molar-refractivity contribution in [2.75, 3.05) is 23.8 Å². The Kier molecular flexibility index (Phi) is 8.15. The first-order chi connectivity index (χ1) is 15.9. The zero-order valence-corrected chi connectivity index (χ0v) is 19.4. The van der Waals surface area contributed by atoms with Crippen LogP contribution in [0.5, 0.6) is 0 Å². The summed E-state index contributed by atoms with van der Waals surface area (Å²) in [5, 5.41) is 27.4. The van der Waals surface area contributed by atoms with Crippen molar-refractivity contribution in [2.24, 2.45) is 5.16 Å². The molecule has 1 fully saturated rings. The number of amides is 2. The fourth-order valence-electron chi connectivity index (χ4n) is 2.99. The van der Waals surface area contributed by atoms with Crippen LogP contribution in [0, 0.1) is 11.3 Å². The number of nitrogens with zero attached hydrogens (tertiary/aromatic N) is 4. The Hall–Kier alpha value is -3.28. The Morgan fingerprint density at radius 1 is 1.58 bits per heavy atom. The quantitative estimate of drug-likeness (QED) is 0.104. The van der Waals surface area contributed by atoms with Crippen molar-refractivity contribution >= 4 is 63.5 Å². The molecular formula is C19H18N6O5S3. The van der Waals surface area contributed by atoms with Crippen LogP contribution in [0.15, 0.2) is 45.9 Å². The normalized spacial score (nSPS) is 20.2. The largest absolute Gasteiger partial charge is 0.477 e.